The van der Waals surface area contributed by atoms with Crippen molar-refractivity contribution in [2.75, 3.05) is 33.4 Å². The molecule has 7 heteroatoms. The van der Waals surface area contributed by atoms with Crippen molar-refractivity contribution in [3.05, 3.63) is 46.2 Å². The van der Waals surface area contributed by atoms with Crippen LogP contribution in [-0.4, -0.2) is 55.0 Å². The van der Waals surface area contributed by atoms with E-state index in [1.165, 1.54) is 4.88 Å². The van der Waals surface area contributed by atoms with Crippen molar-refractivity contribution in [1.82, 2.24) is 9.80 Å². The first kappa shape index (κ1) is 22.6. The van der Waals surface area contributed by atoms with Crippen molar-refractivity contribution in [2.45, 2.75) is 39.2 Å². The standard InChI is InChI=1S/C25H32N2O4S/c1-17(2)25(29)26(14-18-7-8-18)15-24(28)27-11-9-23-21(10-12-32-23)22(27)16-31-20-6-4-5-19(13-20)30-3/h4-6,10,12-13,17-18,22H,7-9,11,14-16H2,1-3H3/t22-/m1/s1. The molecule has 2 aromatic rings. The van der Waals surface area contributed by atoms with E-state index in [2.05, 4.69) is 11.4 Å². The molecular weight excluding hydrogens is 424 g/mol. The molecule has 1 aliphatic carbocycles. The van der Waals surface area contributed by atoms with Gasteiger partial charge in [0.15, 0.2) is 0 Å². The Kier molecular flexibility index (Phi) is 7.04. The minimum atomic E-state index is -0.166. The molecule has 1 saturated carbocycles. The van der Waals surface area contributed by atoms with Gasteiger partial charge in [-0.15, -0.1) is 11.3 Å². The molecule has 1 aliphatic heterocycles. The molecule has 1 aromatic heterocycles. The zero-order valence-corrected chi connectivity index (χ0v) is 19.9. The van der Waals surface area contributed by atoms with Crippen LogP contribution in [0.25, 0.3) is 0 Å². The molecule has 172 valence electrons. The molecule has 1 atom stereocenters. The van der Waals surface area contributed by atoms with Crippen LogP contribution in [0.1, 0.15) is 43.2 Å². The fourth-order valence-electron chi connectivity index (χ4n) is 4.20. The van der Waals surface area contributed by atoms with E-state index in [0.29, 0.717) is 31.4 Å². The Bertz CT molecular complexity index is 953. The molecule has 0 unspecified atom stereocenters. The molecule has 0 bridgehead atoms. The van der Waals surface area contributed by atoms with Crippen LogP contribution in [0, 0.1) is 11.8 Å². The van der Waals surface area contributed by atoms with Crippen LogP contribution >= 0.6 is 11.3 Å². The minimum absolute atomic E-state index is 0.00394. The van der Waals surface area contributed by atoms with Crippen molar-refractivity contribution < 1.29 is 19.1 Å². The Hall–Kier alpha value is -2.54. The van der Waals surface area contributed by atoms with Gasteiger partial charge < -0.3 is 19.3 Å². The SMILES string of the molecule is COc1cccc(OC[C@@H]2c3ccsc3CCN2C(=O)CN(CC2CC2)C(=O)C(C)C)c1. The number of nitrogens with zero attached hydrogens (tertiary/aromatic N) is 2. The van der Waals surface area contributed by atoms with Crippen LogP contribution in [0.3, 0.4) is 0 Å². The first-order chi connectivity index (χ1) is 15.5. The van der Waals surface area contributed by atoms with Crippen LogP contribution in [-0.2, 0) is 16.0 Å². The van der Waals surface area contributed by atoms with Crippen molar-refractivity contribution in [3.63, 3.8) is 0 Å². The topological polar surface area (TPSA) is 59.1 Å². The molecule has 0 radical (unpaired) electrons. The molecule has 4 rings (SSSR count). The molecule has 32 heavy (non-hydrogen) atoms. The van der Waals surface area contributed by atoms with Gasteiger partial charge in [0.05, 0.1) is 19.7 Å². The van der Waals surface area contributed by atoms with Crippen LogP contribution in [0.15, 0.2) is 35.7 Å². The summed E-state index contributed by atoms with van der Waals surface area (Å²) >= 11 is 1.73. The van der Waals surface area contributed by atoms with Gasteiger partial charge in [0, 0.05) is 30.0 Å². The number of benzene rings is 1. The van der Waals surface area contributed by atoms with Crippen LogP contribution in [0.5, 0.6) is 11.5 Å². The van der Waals surface area contributed by atoms with Crippen molar-refractivity contribution >= 4 is 23.2 Å². The van der Waals surface area contributed by atoms with E-state index in [-0.39, 0.29) is 30.3 Å². The van der Waals surface area contributed by atoms with E-state index in [9.17, 15) is 9.59 Å². The molecule has 0 N–H and O–H groups in total. The van der Waals surface area contributed by atoms with E-state index in [0.717, 1.165) is 30.6 Å². The Labute approximate surface area is 194 Å². The summed E-state index contributed by atoms with van der Waals surface area (Å²) in [5.41, 5.74) is 1.15. The summed E-state index contributed by atoms with van der Waals surface area (Å²) in [4.78, 5) is 31.2. The summed E-state index contributed by atoms with van der Waals surface area (Å²) in [7, 11) is 1.63. The molecule has 0 spiro atoms. The Balaban J connectivity index is 1.50. The number of fused-ring (bicyclic) bond motifs is 1. The highest BCUT2D eigenvalue weighted by atomic mass is 32.1. The van der Waals surface area contributed by atoms with Gasteiger partial charge in [0.2, 0.25) is 11.8 Å². The van der Waals surface area contributed by atoms with Gasteiger partial charge in [-0.25, -0.2) is 0 Å². The zero-order chi connectivity index (χ0) is 22.7. The third-order valence-corrected chi connectivity index (χ3v) is 7.17. The number of amides is 2. The molecule has 1 aromatic carbocycles. The number of thiophene rings is 1. The summed E-state index contributed by atoms with van der Waals surface area (Å²) < 4.78 is 11.4. The largest absolute Gasteiger partial charge is 0.497 e. The molecule has 2 heterocycles. The van der Waals surface area contributed by atoms with Crippen molar-refractivity contribution in [1.29, 1.82) is 0 Å². The summed E-state index contributed by atoms with van der Waals surface area (Å²) in [5.74, 6) is 1.93. The second-order valence-electron chi connectivity index (χ2n) is 8.96. The number of hydrogen-bond acceptors (Lipinski definition) is 5. The van der Waals surface area contributed by atoms with Gasteiger partial charge in [-0.3, -0.25) is 9.59 Å². The summed E-state index contributed by atoms with van der Waals surface area (Å²) in [5, 5.41) is 2.08. The molecule has 6 nitrogen and oxygen atoms in total. The second kappa shape index (κ2) is 9.94. The normalized spacial score (nSPS) is 17.8. The number of ether oxygens (including phenoxy) is 2. The van der Waals surface area contributed by atoms with Crippen LogP contribution in [0.4, 0.5) is 0 Å². The summed E-state index contributed by atoms with van der Waals surface area (Å²) in [6, 6.07) is 9.44. The lowest BCUT2D eigenvalue weighted by atomic mass is 10.00. The smallest absolute Gasteiger partial charge is 0.242 e. The lowest BCUT2D eigenvalue weighted by molar-refractivity contribution is -0.144. The Morgan fingerprint density at radius 3 is 2.72 bits per heavy atom. The Morgan fingerprint density at radius 2 is 2.00 bits per heavy atom. The highest BCUT2D eigenvalue weighted by Gasteiger charge is 2.35. The average molecular weight is 457 g/mol. The number of hydrogen-bond donors (Lipinski definition) is 0. The second-order valence-corrected chi connectivity index (χ2v) is 9.96. The van der Waals surface area contributed by atoms with E-state index in [4.69, 9.17) is 9.47 Å². The molecule has 1 fully saturated rings. The van der Waals surface area contributed by atoms with Gasteiger partial charge in [-0.2, -0.15) is 0 Å². The maximum Gasteiger partial charge on any atom is 0.242 e. The maximum absolute atomic E-state index is 13.5. The third kappa shape index (κ3) is 5.26. The number of rotatable bonds is 9. The molecule has 0 saturated heterocycles. The van der Waals surface area contributed by atoms with E-state index in [1.54, 1.807) is 23.3 Å². The maximum atomic E-state index is 13.5. The van der Waals surface area contributed by atoms with Crippen LogP contribution in [0.2, 0.25) is 0 Å². The van der Waals surface area contributed by atoms with E-state index >= 15 is 0 Å². The van der Waals surface area contributed by atoms with Crippen LogP contribution < -0.4 is 9.47 Å². The van der Waals surface area contributed by atoms with Gasteiger partial charge in [0.1, 0.15) is 18.1 Å². The summed E-state index contributed by atoms with van der Waals surface area (Å²) in [6.45, 7) is 5.63. The predicted molar refractivity (Wildman–Crippen MR) is 125 cm³/mol. The predicted octanol–water partition coefficient (Wildman–Crippen LogP) is 4.16. The highest BCUT2D eigenvalue weighted by molar-refractivity contribution is 7.10. The number of carbonyl (C=O) groups excluding carboxylic acids is 2. The Morgan fingerprint density at radius 1 is 1.22 bits per heavy atom. The fraction of sp³-hybridized carbons (Fsp3) is 0.520. The quantitative estimate of drug-likeness (QED) is 0.569. The highest BCUT2D eigenvalue weighted by Crippen LogP contribution is 2.35. The van der Waals surface area contributed by atoms with Gasteiger partial charge >= 0.3 is 0 Å². The van der Waals surface area contributed by atoms with Crippen molar-refractivity contribution in [3.8, 4) is 11.5 Å². The fourth-order valence-corrected chi connectivity index (χ4v) is 5.13. The third-order valence-electron chi connectivity index (χ3n) is 6.17. The van der Waals surface area contributed by atoms with Crippen molar-refractivity contribution in [2.24, 2.45) is 11.8 Å². The van der Waals surface area contributed by atoms with Gasteiger partial charge in [-0.05, 0) is 54.3 Å². The average Bonchev–Trinajstić information content (AvgIpc) is 3.48. The minimum Gasteiger partial charge on any atom is -0.497 e. The number of carbonyl (C=O) groups is 2. The lowest BCUT2D eigenvalue weighted by Gasteiger charge is -2.37. The van der Waals surface area contributed by atoms with Gasteiger partial charge in [0.25, 0.3) is 0 Å². The molecule has 2 aliphatic rings. The monoisotopic (exact) mass is 456 g/mol. The number of methoxy groups -OCH3 is 1. The first-order valence-corrected chi connectivity index (χ1v) is 12.3. The zero-order valence-electron chi connectivity index (χ0n) is 19.1. The lowest BCUT2D eigenvalue weighted by Crippen LogP contribution is -2.49. The molecule has 2 amide bonds. The van der Waals surface area contributed by atoms with E-state index in [1.807, 2.05) is 43.0 Å². The molecular formula is C25H32N2O4S. The van der Waals surface area contributed by atoms with Gasteiger partial charge in [-0.1, -0.05) is 19.9 Å². The first-order valence-electron chi connectivity index (χ1n) is 11.4. The van der Waals surface area contributed by atoms with E-state index < -0.39 is 0 Å². The summed E-state index contributed by atoms with van der Waals surface area (Å²) in [6.07, 6.45) is 3.14.